The number of thiazole rings is 1. The minimum absolute atomic E-state index is 0.00833. The molecule has 0 fully saturated rings. The average Bonchev–Trinajstić information content (AvgIpc) is 3.30. The molecular formula is C16H15N3O6S. The third-order valence-electron chi connectivity index (χ3n) is 3.55. The molecule has 0 aliphatic rings. The van der Waals surface area contributed by atoms with Gasteiger partial charge in [0.1, 0.15) is 28.3 Å². The van der Waals surface area contributed by atoms with Crippen molar-refractivity contribution in [2.24, 2.45) is 4.99 Å². The standard InChI is InChI=1S/C16H15N3O6S/c1-22-9-4-5-10(23-2)14-13(9)19(8-12(20)24-3)16(26-14)18-15(21)11-6-7-17-25-11/h4-7H,8H2,1-3H3. The highest BCUT2D eigenvalue weighted by Gasteiger charge is 2.19. The Bertz CT molecular complexity index is 1020. The normalized spacial score (nSPS) is 11.6. The van der Waals surface area contributed by atoms with Crippen LogP contribution in [0.1, 0.15) is 10.6 Å². The van der Waals surface area contributed by atoms with E-state index >= 15 is 0 Å². The zero-order chi connectivity index (χ0) is 18.7. The Hall–Kier alpha value is -3.14. The highest BCUT2D eigenvalue weighted by molar-refractivity contribution is 7.16. The maximum Gasteiger partial charge on any atom is 0.325 e. The molecule has 9 nitrogen and oxygen atoms in total. The Balaban J connectivity index is 2.28. The van der Waals surface area contributed by atoms with Gasteiger partial charge < -0.3 is 23.3 Å². The Morgan fingerprint density at radius 1 is 1.19 bits per heavy atom. The van der Waals surface area contributed by atoms with E-state index in [2.05, 4.69) is 10.1 Å². The monoisotopic (exact) mass is 377 g/mol. The quantitative estimate of drug-likeness (QED) is 0.622. The first kappa shape index (κ1) is 17.7. The minimum atomic E-state index is -0.620. The molecule has 1 aromatic carbocycles. The summed E-state index contributed by atoms with van der Waals surface area (Å²) >= 11 is 1.18. The van der Waals surface area contributed by atoms with Crippen LogP contribution in [0.25, 0.3) is 10.2 Å². The van der Waals surface area contributed by atoms with E-state index in [0.717, 1.165) is 0 Å². The molecule has 0 bridgehead atoms. The summed E-state index contributed by atoms with van der Waals surface area (Å²) in [6, 6.07) is 4.86. The van der Waals surface area contributed by atoms with Gasteiger partial charge in [0.05, 0.1) is 27.5 Å². The molecule has 0 aliphatic heterocycles. The van der Waals surface area contributed by atoms with E-state index in [-0.39, 0.29) is 17.1 Å². The molecule has 3 aromatic rings. The highest BCUT2D eigenvalue weighted by atomic mass is 32.1. The number of carbonyl (C=O) groups is 2. The molecule has 2 aromatic heterocycles. The molecular weight excluding hydrogens is 362 g/mol. The lowest BCUT2D eigenvalue weighted by molar-refractivity contribution is -0.141. The van der Waals surface area contributed by atoms with Crippen LogP contribution < -0.4 is 14.3 Å². The molecule has 0 aliphatic carbocycles. The number of benzene rings is 1. The van der Waals surface area contributed by atoms with Crippen LogP contribution in [-0.2, 0) is 16.1 Å². The zero-order valence-corrected chi connectivity index (χ0v) is 15.0. The van der Waals surface area contributed by atoms with Gasteiger partial charge in [-0.05, 0) is 12.1 Å². The fraction of sp³-hybridized carbons (Fsp3) is 0.250. The maximum absolute atomic E-state index is 12.3. The van der Waals surface area contributed by atoms with Crippen LogP contribution >= 0.6 is 11.3 Å². The molecule has 1 amide bonds. The summed E-state index contributed by atoms with van der Waals surface area (Å²) in [5.74, 6) is -0.0488. The first-order chi connectivity index (χ1) is 12.6. The van der Waals surface area contributed by atoms with Crippen LogP contribution in [0.5, 0.6) is 11.5 Å². The van der Waals surface area contributed by atoms with Crippen LogP contribution in [-0.4, -0.2) is 42.9 Å². The van der Waals surface area contributed by atoms with Crippen molar-refractivity contribution in [3.8, 4) is 11.5 Å². The number of rotatable bonds is 5. The predicted octanol–water partition coefficient (Wildman–Crippen LogP) is 1.62. The van der Waals surface area contributed by atoms with Gasteiger partial charge in [0, 0.05) is 6.07 Å². The van der Waals surface area contributed by atoms with Gasteiger partial charge in [0.15, 0.2) is 4.80 Å². The van der Waals surface area contributed by atoms with Crippen LogP contribution in [0, 0.1) is 0 Å². The fourth-order valence-electron chi connectivity index (χ4n) is 2.35. The highest BCUT2D eigenvalue weighted by Crippen LogP contribution is 2.35. The van der Waals surface area contributed by atoms with E-state index < -0.39 is 11.9 Å². The van der Waals surface area contributed by atoms with E-state index in [0.29, 0.717) is 21.7 Å². The van der Waals surface area contributed by atoms with Crippen molar-refractivity contribution in [3.05, 3.63) is 35.0 Å². The molecule has 0 spiro atoms. The predicted molar refractivity (Wildman–Crippen MR) is 91.3 cm³/mol. The minimum Gasteiger partial charge on any atom is -0.495 e. The van der Waals surface area contributed by atoms with Crippen molar-refractivity contribution in [2.75, 3.05) is 21.3 Å². The summed E-state index contributed by atoms with van der Waals surface area (Å²) in [6.45, 7) is -0.150. The van der Waals surface area contributed by atoms with Gasteiger partial charge in [-0.2, -0.15) is 4.99 Å². The lowest BCUT2D eigenvalue weighted by atomic mass is 10.3. The number of hydrogen-bond donors (Lipinski definition) is 0. The molecule has 0 saturated carbocycles. The van der Waals surface area contributed by atoms with Crippen LogP contribution in [0.2, 0.25) is 0 Å². The van der Waals surface area contributed by atoms with E-state index in [4.69, 9.17) is 18.7 Å². The van der Waals surface area contributed by atoms with Crippen molar-refractivity contribution in [3.63, 3.8) is 0 Å². The van der Waals surface area contributed by atoms with E-state index in [1.807, 2.05) is 0 Å². The van der Waals surface area contributed by atoms with Crippen LogP contribution in [0.3, 0.4) is 0 Å². The lowest BCUT2D eigenvalue weighted by Gasteiger charge is -2.09. The third-order valence-corrected chi connectivity index (χ3v) is 4.65. The van der Waals surface area contributed by atoms with Gasteiger partial charge in [-0.25, -0.2) is 0 Å². The second-order valence-corrected chi connectivity index (χ2v) is 5.97. The number of hydrogen-bond acceptors (Lipinski definition) is 8. The summed E-state index contributed by atoms with van der Waals surface area (Å²) in [5.41, 5.74) is 0.575. The Morgan fingerprint density at radius 2 is 1.92 bits per heavy atom. The molecule has 0 saturated heterocycles. The zero-order valence-electron chi connectivity index (χ0n) is 14.2. The summed E-state index contributed by atoms with van der Waals surface area (Å²) < 4.78 is 22.6. The number of methoxy groups -OCH3 is 3. The molecule has 3 rings (SSSR count). The number of fused-ring (bicyclic) bond motifs is 1. The smallest absolute Gasteiger partial charge is 0.325 e. The lowest BCUT2D eigenvalue weighted by Crippen LogP contribution is -2.22. The fourth-order valence-corrected chi connectivity index (χ4v) is 3.48. The number of ether oxygens (including phenoxy) is 3. The summed E-state index contributed by atoms with van der Waals surface area (Å²) in [5, 5.41) is 3.49. The number of carbonyl (C=O) groups excluding carboxylic acids is 2. The van der Waals surface area contributed by atoms with Gasteiger partial charge in [-0.15, -0.1) is 0 Å². The largest absolute Gasteiger partial charge is 0.495 e. The van der Waals surface area contributed by atoms with Gasteiger partial charge in [-0.3, -0.25) is 9.59 Å². The second-order valence-electron chi connectivity index (χ2n) is 4.99. The third kappa shape index (κ3) is 3.18. The first-order valence-electron chi connectivity index (χ1n) is 7.40. The number of amides is 1. The van der Waals surface area contributed by atoms with Crippen molar-refractivity contribution in [1.82, 2.24) is 9.72 Å². The average molecular weight is 377 g/mol. The molecule has 2 heterocycles. The molecule has 0 N–H and O–H groups in total. The van der Waals surface area contributed by atoms with Gasteiger partial charge in [0.25, 0.3) is 0 Å². The Kier molecular flexibility index (Phi) is 5.03. The van der Waals surface area contributed by atoms with Crippen LogP contribution in [0.15, 0.2) is 33.9 Å². The van der Waals surface area contributed by atoms with Gasteiger partial charge in [0.2, 0.25) is 5.76 Å². The number of aromatic nitrogens is 2. The van der Waals surface area contributed by atoms with Crippen molar-refractivity contribution in [1.29, 1.82) is 0 Å². The van der Waals surface area contributed by atoms with Gasteiger partial charge >= 0.3 is 11.9 Å². The van der Waals surface area contributed by atoms with Crippen molar-refractivity contribution >= 4 is 33.4 Å². The summed E-state index contributed by atoms with van der Waals surface area (Å²) in [7, 11) is 4.33. The van der Waals surface area contributed by atoms with E-state index in [9.17, 15) is 9.59 Å². The molecule has 0 atom stereocenters. The van der Waals surface area contributed by atoms with Crippen molar-refractivity contribution < 1.29 is 28.3 Å². The topological polar surface area (TPSA) is 105 Å². The Labute approximate surface area is 151 Å². The molecule has 10 heteroatoms. The number of nitrogens with zero attached hydrogens (tertiary/aromatic N) is 3. The molecule has 136 valence electrons. The molecule has 26 heavy (non-hydrogen) atoms. The summed E-state index contributed by atoms with van der Waals surface area (Å²) in [6.07, 6.45) is 1.35. The summed E-state index contributed by atoms with van der Waals surface area (Å²) in [4.78, 5) is 28.5. The van der Waals surface area contributed by atoms with E-state index in [1.165, 1.54) is 44.9 Å². The van der Waals surface area contributed by atoms with Crippen molar-refractivity contribution in [2.45, 2.75) is 6.54 Å². The maximum atomic E-state index is 12.3. The molecule has 0 radical (unpaired) electrons. The SMILES string of the molecule is COC(=O)Cn1c(=NC(=O)c2ccno2)sc2c(OC)ccc(OC)c21. The number of esters is 1. The second kappa shape index (κ2) is 7.40. The Morgan fingerprint density at radius 3 is 2.54 bits per heavy atom. The first-order valence-corrected chi connectivity index (χ1v) is 8.21. The van der Waals surface area contributed by atoms with E-state index in [1.54, 1.807) is 16.7 Å². The van der Waals surface area contributed by atoms with Gasteiger partial charge in [-0.1, -0.05) is 16.5 Å². The van der Waals surface area contributed by atoms with Crippen LogP contribution in [0.4, 0.5) is 0 Å². The molecule has 0 unspecified atom stereocenters.